The van der Waals surface area contributed by atoms with Crippen LogP contribution in [-0.4, -0.2) is 15.6 Å². The van der Waals surface area contributed by atoms with Crippen molar-refractivity contribution >= 4 is 33.3 Å². The molecule has 0 atom stereocenters. The summed E-state index contributed by atoms with van der Waals surface area (Å²) < 4.78 is 7.70. The highest BCUT2D eigenvalue weighted by Crippen LogP contribution is 2.25. The molecule has 0 amide bonds. The molecule has 19 heavy (non-hydrogen) atoms. The third-order valence-electron chi connectivity index (χ3n) is 2.94. The molecule has 4 nitrogen and oxygen atoms in total. The van der Waals surface area contributed by atoms with Gasteiger partial charge in [-0.15, -0.1) is 0 Å². The number of hydrogen-bond acceptors (Lipinski definition) is 3. The normalized spacial score (nSPS) is 10.9. The van der Waals surface area contributed by atoms with Crippen molar-refractivity contribution in [1.29, 1.82) is 0 Å². The van der Waals surface area contributed by atoms with Gasteiger partial charge < -0.3 is 4.42 Å². The van der Waals surface area contributed by atoms with Gasteiger partial charge in [0.05, 0.1) is 34.1 Å². The maximum Gasteiger partial charge on any atom is 0.203 e. The van der Waals surface area contributed by atoms with Gasteiger partial charge in [-0.1, -0.05) is 6.92 Å². The van der Waals surface area contributed by atoms with Crippen molar-refractivity contribution in [2.45, 2.75) is 33.2 Å². The molecule has 0 saturated carbocycles. The fourth-order valence-electron chi connectivity index (χ4n) is 1.93. The van der Waals surface area contributed by atoms with Crippen LogP contribution < -0.4 is 0 Å². The van der Waals surface area contributed by atoms with E-state index in [0.29, 0.717) is 5.56 Å². The fourth-order valence-corrected chi connectivity index (χ4v) is 2.85. The number of ketones is 1. The maximum absolute atomic E-state index is 12.2. The number of hydrogen-bond donors (Lipinski definition) is 0. The quantitative estimate of drug-likeness (QED) is 0.772. The molecule has 2 rings (SSSR count). The Morgan fingerprint density at radius 3 is 2.79 bits per heavy atom. The van der Waals surface area contributed by atoms with Crippen LogP contribution in [0.2, 0.25) is 5.22 Å². The molecule has 0 aliphatic rings. The molecule has 2 heterocycles. The van der Waals surface area contributed by atoms with E-state index in [0.717, 1.165) is 28.8 Å². The van der Waals surface area contributed by atoms with Crippen LogP contribution in [0, 0.1) is 0 Å². The van der Waals surface area contributed by atoms with Gasteiger partial charge in [-0.2, -0.15) is 5.10 Å². The first kappa shape index (κ1) is 14.3. The van der Waals surface area contributed by atoms with Gasteiger partial charge in [0.15, 0.2) is 5.78 Å². The summed E-state index contributed by atoms with van der Waals surface area (Å²) in [6.45, 7) is 4.75. The molecule has 0 unspecified atom stereocenters. The van der Waals surface area contributed by atoms with Crippen molar-refractivity contribution in [2.75, 3.05) is 0 Å². The minimum atomic E-state index is -0.0725. The summed E-state index contributed by atoms with van der Waals surface area (Å²) in [4.78, 5) is 12.2. The lowest BCUT2D eigenvalue weighted by Crippen LogP contribution is -2.10. The molecule has 102 valence electrons. The Hall–Kier alpha value is -1.07. The van der Waals surface area contributed by atoms with Crippen LogP contribution in [0.1, 0.15) is 35.6 Å². The van der Waals surface area contributed by atoms with Gasteiger partial charge in [-0.25, -0.2) is 0 Å². The Morgan fingerprint density at radius 1 is 1.53 bits per heavy atom. The number of carbonyl (C=O) groups is 1. The van der Waals surface area contributed by atoms with E-state index < -0.39 is 0 Å². The predicted molar refractivity (Wildman–Crippen MR) is 76.7 cm³/mol. The molecule has 0 bridgehead atoms. The van der Waals surface area contributed by atoms with Crippen molar-refractivity contribution < 1.29 is 9.21 Å². The summed E-state index contributed by atoms with van der Waals surface area (Å²) in [6.07, 6.45) is 2.49. The summed E-state index contributed by atoms with van der Waals surface area (Å²) in [5, 5.41) is 4.60. The molecule has 0 N–H and O–H groups in total. The Balaban J connectivity index is 2.31. The van der Waals surface area contributed by atoms with Crippen LogP contribution in [0.4, 0.5) is 0 Å². The lowest BCUT2D eigenvalue weighted by Gasteiger charge is -2.04. The smallest absolute Gasteiger partial charge is 0.203 e. The zero-order chi connectivity index (χ0) is 14.0. The van der Waals surface area contributed by atoms with Crippen molar-refractivity contribution in [2.24, 2.45) is 0 Å². The van der Waals surface area contributed by atoms with E-state index in [1.165, 1.54) is 6.26 Å². The van der Waals surface area contributed by atoms with E-state index in [1.54, 1.807) is 6.07 Å². The highest BCUT2D eigenvalue weighted by Gasteiger charge is 2.20. The van der Waals surface area contributed by atoms with Crippen LogP contribution in [0.25, 0.3) is 0 Å². The van der Waals surface area contributed by atoms with Gasteiger partial charge >= 0.3 is 0 Å². The number of aryl methyl sites for hydroxylation is 2. The highest BCUT2D eigenvalue weighted by molar-refractivity contribution is 9.10. The molecule has 0 aromatic carbocycles. The molecule has 0 spiro atoms. The molecular weight excluding hydrogens is 332 g/mol. The fraction of sp³-hybridized carbons (Fsp3) is 0.385. The van der Waals surface area contributed by atoms with Crippen LogP contribution in [0.3, 0.4) is 0 Å². The SMILES string of the molecule is CCc1nn(CC)c(CC(=O)c2ccoc2Cl)c1Br. The first-order valence-electron chi connectivity index (χ1n) is 6.08. The van der Waals surface area contributed by atoms with Gasteiger partial charge in [0.1, 0.15) is 0 Å². The lowest BCUT2D eigenvalue weighted by atomic mass is 10.1. The van der Waals surface area contributed by atoms with Crippen molar-refractivity contribution in [3.8, 4) is 0 Å². The maximum atomic E-state index is 12.2. The molecule has 6 heteroatoms. The Morgan fingerprint density at radius 2 is 2.26 bits per heavy atom. The molecule has 2 aromatic heterocycles. The average Bonchev–Trinajstić information content (AvgIpc) is 2.95. The zero-order valence-electron chi connectivity index (χ0n) is 10.7. The molecule has 0 aliphatic heterocycles. The number of nitrogens with zero attached hydrogens (tertiary/aromatic N) is 2. The second kappa shape index (κ2) is 5.92. The van der Waals surface area contributed by atoms with Crippen LogP contribution in [-0.2, 0) is 19.4 Å². The number of Topliss-reactive ketones (excluding diaryl/α,β-unsaturated/α-hetero) is 1. The Kier molecular flexibility index (Phi) is 4.47. The van der Waals surface area contributed by atoms with Crippen molar-refractivity contribution in [1.82, 2.24) is 9.78 Å². The predicted octanol–water partition coefficient (Wildman–Crippen LogP) is 3.90. The summed E-state index contributed by atoms with van der Waals surface area (Å²) in [5.74, 6) is -0.0725. The summed E-state index contributed by atoms with van der Waals surface area (Å²) in [6, 6.07) is 1.59. The first-order valence-corrected chi connectivity index (χ1v) is 7.25. The lowest BCUT2D eigenvalue weighted by molar-refractivity contribution is 0.0990. The average molecular weight is 346 g/mol. The minimum absolute atomic E-state index is 0.0725. The van der Waals surface area contributed by atoms with E-state index in [9.17, 15) is 4.79 Å². The number of halogens is 2. The van der Waals surface area contributed by atoms with E-state index in [1.807, 2.05) is 18.5 Å². The standard InChI is InChI=1S/C13H14BrClN2O2/c1-3-9-12(14)10(17(4-2)16-9)7-11(18)8-5-6-19-13(8)15/h5-6H,3-4,7H2,1-2H3. The van der Waals surface area contributed by atoms with Crippen molar-refractivity contribution in [3.05, 3.63) is 39.0 Å². The minimum Gasteiger partial charge on any atom is -0.452 e. The van der Waals surface area contributed by atoms with Crippen molar-refractivity contribution in [3.63, 3.8) is 0 Å². The van der Waals surface area contributed by atoms with Gasteiger partial charge in [-0.3, -0.25) is 9.48 Å². The number of carbonyl (C=O) groups excluding carboxylic acids is 1. The molecule has 0 fully saturated rings. The summed E-state index contributed by atoms with van der Waals surface area (Å²) in [7, 11) is 0. The third kappa shape index (κ3) is 2.77. The monoisotopic (exact) mass is 344 g/mol. The van der Waals surface area contributed by atoms with E-state index in [2.05, 4.69) is 21.0 Å². The molecule has 0 aliphatic carbocycles. The van der Waals surface area contributed by atoms with Gasteiger partial charge in [-0.05, 0) is 46.9 Å². The highest BCUT2D eigenvalue weighted by atomic mass is 79.9. The Labute approximate surface area is 124 Å². The van der Waals surface area contributed by atoms with Crippen LogP contribution >= 0.6 is 27.5 Å². The van der Waals surface area contributed by atoms with Gasteiger partial charge in [0.2, 0.25) is 5.22 Å². The Bertz CT molecular complexity index is 604. The second-order valence-corrected chi connectivity index (χ2v) is 5.22. The number of furan rings is 1. The molecule has 0 radical (unpaired) electrons. The second-order valence-electron chi connectivity index (χ2n) is 4.08. The molecule has 0 saturated heterocycles. The summed E-state index contributed by atoms with van der Waals surface area (Å²) >= 11 is 9.35. The van der Waals surface area contributed by atoms with Crippen LogP contribution in [0.15, 0.2) is 21.2 Å². The summed E-state index contributed by atoms with van der Waals surface area (Å²) in [5.41, 5.74) is 2.25. The van der Waals surface area contributed by atoms with E-state index in [-0.39, 0.29) is 17.4 Å². The first-order chi connectivity index (χ1) is 9.08. The largest absolute Gasteiger partial charge is 0.452 e. The molecular formula is C13H14BrClN2O2. The topological polar surface area (TPSA) is 48.0 Å². The number of rotatable bonds is 5. The van der Waals surface area contributed by atoms with E-state index >= 15 is 0 Å². The van der Waals surface area contributed by atoms with E-state index in [4.69, 9.17) is 16.0 Å². The number of aromatic nitrogens is 2. The van der Waals surface area contributed by atoms with Crippen LogP contribution in [0.5, 0.6) is 0 Å². The molecule has 2 aromatic rings. The van der Waals surface area contributed by atoms with Gasteiger partial charge in [0.25, 0.3) is 0 Å². The third-order valence-corrected chi connectivity index (χ3v) is 4.15. The zero-order valence-corrected chi connectivity index (χ0v) is 13.1. The van der Waals surface area contributed by atoms with Gasteiger partial charge in [0, 0.05) is 6.54 Å².